The molecule has 0 unspecified atom stereocenters. The number of hydrogen-bond acceptors (Lipinski definition) is 5. The van der Waals surface area contributed by atoms with Crippen molar-refractivity contribution in [2.24, 2.45) is 5.92 Å². The van der Waals surface area contributed by atoms with Crippen LogP contribution in [-0.2, 0) is 9.59 Å². The number of hydrogen-bond donors (Lipinski definition) is 1. The summed E-state index contributed by atoms with van der Waals surface area (Å²) >= 11 is 0. The van der Waals surface area contributed by atoms with E-state index in [1.54, 1.807) is 0 Å². The molecule has 2 heterocycles. The minimum Gasteiger partial charge on any atom is -0.317 e. The molecule has 0 radical (unpaired) electrons. The maximum atomic E-state index is 12.6. The first-order chi connectivity index (χ1) is 11.3. The lowest BCUT2D eigenvalue weighted by atomic mass is 9.88. The third-order valence-electron chi connectivity index (χ3n) is 5.70. The number of nitrogens with zero attached hydrogens (tertiary/aromatic N) is 3. The lowest BCUT2D eigenvalue weighted by Gasteiger charge is -2.43. The highest BCUT2D eigenvalue weighted by atomic mass is 16.2. The molecule has 6 heteroatoms. The quantitative estimate of drug-likeness (QED) is 0.777. The van der Waals surface area contributed by atoms with E-state index < -0.39 is 0 Å². The summed E-state index contributed by atoms with van der Waals surface area (Å²) < 4.78 is 0. The molecule has 0 aromatic carbocycles. The predicted octanol–water partition coefficient (Wildman–Crippen LogP) is 0.836. The molecule has 23 heavy (non-hydrogen) atoms. The van der Waals surface area contributed by atoms with Crippen LogP contribution in [0.1, 0.15) is 44.9 Å². The van der Waals surface area contributed by atoms with E-state index in [-0.39, 0.29) is 11.8 Å². The van der Waals surface area contributed by atoms with Crippen molar-refractivity contribution in [3.05, 3.63) is 0 Å². The Kier molecular flexibility index (Phi) is 6.02. The van der Waals surface area contributed by atoms with Gasteiger partial charge in [-0.15, -0.1) is 0 Å². The molecule has 3 fully saturated rings. The molecule has 0 atom stereocenters. The SMILES string of the molecule is O=CN(C(=O)C1CCCCC1)N1CCN(C2CCNCC2)CC1. The van der Waals surface area contributed by atoms with Gasteiger partial charge in [-0.05, 0) is 38.8 Å². The zero-order valence-electron chi connectivity index (χ0n) is 14.1. The van der Waals surface area contributed by atoms with Gasteiger partial charge in [0, 0.05) is 38.1 Å². The van der Waals surface area contributed by atoms with Crippen LogP contribution in [-0.4, -0.2) is 72.5 Å². The molecule has 2 saturated heterocycles. The molecule has 2 amide bonds. The monoisotopic (exact) mass is 322 g/mol. The Hall–Kier alpha value is -0.980. The summed E-state index contributed by atoms with van der Waals surface area (Å²) in [6.07, 6.45) is 8.49. The van der Waals surface area contributed by atoms with E-state index in [4.69, 9.17) is 0 Å². The Morgan fingerprint density at radius 3 is 2.22 bits per heavy atom. The first-order valence-electron chi connectivity index (χ1n) is 9.27. The fraction of sp³-hybridized carbons (Fsp3) is 0.882. The van der Waals surface area contributed by atoms with Crippen LogP contribution < -0.4 is 5.32 Å². The van der Waals surface area contributed by atoms with Crippen molar-refractivity contribution in [2.45, 2.75) is 51.0 Å². The van der Waals surface area contributed by atoms with Crippen LogP contribution >= 0.6 is 0 Å². The van der Waals surface area contributed by atoms with Gasteiger partial charge in [0.15, 0.2) is 0 Å². The van der Waals surface area contributed by atoms with Crippen LogP contribution in [0.2, 0.25) is 0 Å². The van der Waals surface area contributed by atoms with E-state index in [0.717, 1.165) is 71.4 Å². The molecule has 3 rings (SSSR count). The molecular weight excluding hydrogens is 292 g/mol. The third kappa shape index (κ3) is 4.11. The molecule has 1 saturated carbocycles. The fourth-order valence-corrected chi connectivity index (χ4v) is 4.26. The number of amides is 2. The van der Waals surface area contributed by atoms with E-state index in [1.807, 2.05) is 5.01 Å². The van der Waals surface area contributed by atoms with Crippen LogP contribution in [0.3, 0.4) is 0 Å². The summed E-state index contributed by atoms with van der Waals surface area (Å²) in [7, 11) is 0. The number of carbonyl (C=O) groups excluding carboxylic acids is 2. The minimum atomic E-state index is 0.0232. The van der Waals surface area contributed by atoms with Crippen molar-refractivity contribution in [2.75, 3.05) is 39.3 Å². The van der Waals surface area contributed by atoms with Crippen LogP contribution in [0.4, 0.5) is 0 Å². The Morgan fingerprint density at radius 2 is 1.61 bits per heavy atom. The van der Waals surface area contributed by atoms with Crippen molar-refractivity contribution in [1.82, 2.24) is 20.2 Å². The van der Waals surface area contributed by atoms with E-state index in [9.17, 15) is 9.59 Å². The van der Waals surface area contributed by atoms with Crippen molar-refractivity contribution >= 4 is 12.3 Å². The van der Waals surface area contributed by atoms with Gasteiger partial charge >= 0.3 is 0 Å². The normalized spacial score (nSPS) is 26.1. The first kappa shape index (κ1) is 16.9. The number of nitrogens with one attached hydrogen (secondary N) is 1. The standard InChI is InChI=1S/C17H30N4O2/c22-14-21(17(23)15-4-2-1-3-5-15)20-12-10-19(11-13-20)16-6-8-18-9-7-16/h14-16,18H,1-13H2. The molecule has 2 aliphatic heterocycles. The highest BCUT2D eigenvalue weighted by Crippen LogP contribution is 2.26. The highest BCUT2D eigenvalue weighted by molar-refractivity contribution is 5.87. The largest absolute Gasteiger partial charge is 0.317 e. The number of rotatable bonds is 4. The van der Waals surface area contributed by atoms with Gasteiger partial charge in [0.05, 0.1) is 0 Å². The smallest absolute Gasteiger partial charge is 0.246 e. The number of carbonyl (C=O) groups is 2. The number of piperidine rings is 1. The summed E-state index contributed by atoms with van der Waals surface area (Å²) in [4.78, 5) is 26.7. The number of imide groups is 1. The molecule has 0 bridgehead atoms. The second-order valence-corrected chi connectivity index (χ2v) is 7.09. The van der Waals surface area contributed by atoms with Crippen LogP contribution in [0, 0.1) is 5.92 Å². The Labute approximate surface area is 139 Å². The highest BCUT2D eigenvalue weighted by Gasteiger charge is 2.32. The van der Waals surface area contributed by atoms with Crippen molar-refractivity contribution in [3.63, 3.8) is 0 Å². The van der Waals surface area contributed by atoms with Crippen LogP contribution in [0.5, 0.6) is 0 Å². The number of piperazine rings is 1. The lowest BCUT2D eigenvalue weighted by molar-refractivity contribution is -0.164. The van der Waals surface area contributed by atoms with Crippen molar-refractivity contribution in [1.29, 1.82) is 0 Å². The van der Waals surface area contributed by atoms with Crippen molar-refractivity contribution < 1.29 is 9.59 Å². The van der Waals surface area contributed by atoms with Gasteiger partial charge in [-0.2, -0.15) is 0 Å². The summed E-state index contributed by atoms with van der Waals surface area (Å²) in [6.45, 7) is 5.67. The third-order valence-corrected chi connectivity index (χ3v) is 5.70. The average molecular weight is 322 g/mol. The maximum Gasteiger partial charge on any atom is 0.246 e. The fourth-order valence-electron chi connectivity index (χ4n) is 4.26. The summed E-state index contributed by atoms with van der Waals surface area (Å²) in [6, 6.07) is 0.664. The predicted molar refractivity (Wildman–Crippen MR) is 88.5 cm³/mol. The Bertz CT molecular complexity index is 397. The molecule has 0 aromatic rings. The zero-order chi connectivity index (χ0) is 16.1. The maximum absolute atomic E-state index is 12.6. The lowest BCUT2D eigenvalue weighted by Crippen LogP contribution is -2.58. The summed E-state index contributed by atoms with van der Waals surface area (Å²) in [5, 5.41) is 6.75. The van der Waals surface area contributed by atoms with E-state index >= 15 is 0 Å². The molecule has 6 nitrogen and oxygen atoms in total. The molecular formula is C17H30N4O2. The molecule has 3 aliphatic rings. The topological polar surface area (TPSA) is 55.9 Å². The van der Waals surface area contributed by atoms with E-state index in [2.05, 4.69) is 10.2 Å². The van der Waals surface area contributed by atoms with Crippen LogP contribution in [0.15, 0.2) is 0 Å². The average Bonchev–Trinajstić information content (AvgIpc) is 2.64. The molecule has 1 aliphatic carbocycles. The van der Waals surface area contributed by atoms with Gasteiger partial charge in [0.2, 0.25) is 12.3 Å². The van der Waals surface area contributed by atoms with Gasteiger partial charge < -0.3 is 5.32 Å². The second-order valence-electron chi connectivity index (χ2n) is 7.09. The van der Waals surface area contributed by atoms with Crippen LogP contribution in [0.25, 0.3) is 0 Å². The molecule has 0 aromatic heterocycles. The summed E-state index contributed by atoms with van der Waals surface area (Å²) in [5.41, 5.74) is 0. The van der Waals surface area contributed by atoms with Gasteiger partial charge in [0.25, 0.3) is 0 Å². The van der Waals surface area contributed by atoms with Gasteiger partial charge in [0.1, 0.15) is 0 Å². The van der Waals surface area contributed by atoms with E-state index in [1.165, 1.54) is 24.3 Å². The van der Waals surface area contributed by atoms with Crippen molar-refractivity contribution in [3.8, 4) is 0 Å². The molecule has 130 valence electrons. The first-order valence-corrected chi connectivity index (χ1v) is 9.27. The van der Waals surface area contributed by atoms with E-state index in [0.29, 0.717) is 6.04 Å². The summed E-state index contributed by atoms with van der Waals surface area (Å²) in [5.74, 6) is 0.0754. The minimum absolute atomic E-state index is 0.0232. The zero-order valence-corrected chi connectivity index (χ0v) is 14.1. The Morgan fingerprint density at radius 1 is 0.957 bits per heavy atom. The molecule has 1 N–H and O–H groups in total. The Balaban J connectivity index is 1.52. The van der Waals surface area contributed by atoms with Gasteiger partial charge in [-0.3, -0.25) is 14.5 Å². The number of hydrazine groups is 1. The van der Waals surface area contributed by atoms with Gasteiger partial charge in [-0.25, -0.2) is 10.0 Å². The second kappa shape index (κ2) is 8.22. The molecule has 0 spiro atoms. The van der Waals surface area contributed by atoms with Gasteiger partial charge in [-0.1, -0.05) is 19.3 Å².